The molecule has 0 spiro atoms. The molecule has 0 aromatic heterocycles. The van der Waals surface area contributed by atoms with Gasteiger partial charge in [0.05, 0.1) is 12.6 Å². The Bertz CT molecular complexity index is 1250. The number of aromatic hydroxyl groups is 2. The van der Waals surface area contributed by atoms with Crippen molar-refractivity contribution >= 4 is 11.1 Å². The van der Waals surface area contributed by atoms with Crippen LogP contribution in [0, 0.1) is 5.92 Å². The lowest BCUT2D eigenvalue weighted by atomic mass is 9.86. The molecule has 0 radical (unpaired) electrons. The van der Waals surface area contributed by atoms with Gasteiger partial charge in [-0.15, -0.1) is 0 Å². The first-order valence-electron chi connectivity index (χ1n) is 12.5. The van der Waals surface area contributed by atoms with Gasteiger partial charge in [0, 0.05) is 17.7 Å². The zero-order valence-corrected chi connectivity index (χ0v) is 20.7. The highest BCUT2D eigenvalue weighted by molar-refractivity contribution is 5.95. The number of benzene rings is 3. The third kappa shape index (κ3) is 4.92. The maximum atomic E-state index is 10.1. The molecule has 3 aromatic rings. The van der Waals surface area contributed by atoms with Gasteiger partial charge >= 0.3 is 0 Å². The average molecular weight is 488 g/mol. The van der Waals surface area contributed by atoms with Gasteiger partial charge in [-0.1, -0.05) is 31.2 Å². The number of aliphatic hydroxyl groups excluding tert-OH is 1. The molecule has 0 amide bonds. The Morgan fingerprint density at radius 1 is 1.03 bits per heavy atom. The Kier molecular flexibility index (Phi) is 6.90. The van der Waals surface area contributed by atoms with Gasteiger partial charge in [-0.25, -0.2) is 0 Å². The first-order chi connectivity index (χ1) is 17.4. The van der Waals surface area contributed by atoms with E-state index in [1.807, 2.05) is 43.3 Å². The lowest BCUT2D eigenvalue weighted by Crippen LogP contribution is -2.40. The summed E-state index contributed by atoms with van der Waals surface area (Å²) < 4.78 is 12.5. The number of fused-ring (bicyclic) bond motifs is 1. The van der Waals surface area contributed by atoms with E-state index in [-0.39, 0.29) is 24.1 Å². The third-order valence-electron chi connectivity index (χ3n) is 7.24. The van der Waals surface area contributed by atoms with Crippen molar-refractivity contribution in [3.63, 3.8) is 0 Å². The maximum absolute atomic E-state index is 10.1. The number of hydrogen-bond donors (Lipinski definition) is 3. The molecule has 1 unspecified atom stereocenters. The second-order valence-electron chi connectivity index (χ2n) is 9.87. The molecule has 1 saturated heterocycles. The fourth-order valence-electron chi connectivity index (χ4n) is 5.22. The summed E-state index contributed by atoms with van der Waals surface area (Å²) in [5.41, 5.74) is 4.55. The molecule has 3 N–H and O–H groups in total. The molecule has 36 heavy (non-hydrogen) atoms. The van der Waals surface area contributed by atoms with E-state index in [1.54, 1.807) is 30.3 Å². The fourth-order valence-corrected chi connectivity index (χ4v) is 5.22. The quantitative estimate of drug-likeness (QED) is 0.423. The highest BCUT2D eigenvalue weighted by atomic mass is 16.5. The summed E-state index contributed by atoms with van der Waals surface area (Å²) in [4.78, 5) is 2.30. The summed E-state index contributed by atoms with van der Waals surface area (Å²) in [5.74, 6) is 2.45. The van der Waals surface area contributed by atoms with Crippen LogP contribution < -0.4 is 9.47 Å². The molecule has 6 heteroatoms. The highest BCUT2D eigenvalue weighted by Crippen LogP contribution is 2.47. The number of phenolic OH excluding ortho intramolecular Hbond substituents is 2. The fraction of sp³-hybridized carbons (Fsp3) is 0.333. The van der Waals surface area contributed by atoms with Crippen molar-refractivity contribution in [1.29, 1.82) is 0 Å². The van der Waals surface area contributed by atoms with Gasteiger partial charge in [0.25, 0.3) is 0 Å². The monoisotopic (exact) mass is 487 g/mol. The van der Waals surface area contributed by atoms with Crippen molar-refractivity contribution in [1.82, 2.24) is 4.90 Å². The normalized spacial score (nSPS) is 20.6. The zero-order valence-electron chi connectivity index (χ0n) is 20.7. The van der Waals surface area contributed by atoms with Gasteiger partial charge < -0.3 is 24.8 Å². The molecular formula is C30H33NO5. The molecule has 3 atom stereocenters. The highest BCUT2D eigenvalue weighted by Gasteiger charge is 2.30. The number of aliphatic hydroxyl groups is 1. The van der Waals surface area contributed by atoms with Gasteiger partial charge in [0.2, 0.25) is 0 Å². The Morgan fingerprint density at radius 2 is 1.81 bits per heavy atom. The van der Waals surface area contributed by atoms with Crippen LogP contribution in [-0.4, -0.2) is 52.6 Å². The number of rotatable bonds is 7. The third-order valence-corrected chi connectivity index (χ3v) is 7.24. The van der Waals surface area contributed by atoms with E-state index in [4.69, 9.17) is 9.47 Å². The molecule has 3 aromatic carbocycles. The molecular weight excluding hydrogens is 454 g/mol. The summed E-state index contributed by atoms with van der Waals surface area (Å²) in [6.07, 6.45) is 0.762. The van der Waals surface area contributed by atoms with Crippen molar-refractivity contribution in [3.05, 3.63) is 83.4 Å². The molecule has 6 nitrogen and oxygen atoms in total. The summed E-state index contributed by atoms with van der Waals surface area (Å²) >= 11 is 0. The SMILES string of the molecule is CC1=C(c2cccc(O)c2)C(c2ccc(OC[C@H](CO)N3CC[C@@H](C)C3)cc2)Oc2ccc(O)cc21. The maximum Gasteiger partial charge on any atom is 0.150 e. The van der Waals surface area contributed by atoms with Gasteiger partial charge in [-0.05, 0) is 85.0 Å². The van der Waals surface area contributed by atoms with E-state index >= 15 is 0 Å². The molecule has 0 saturated carbocycles. The largest absolute Gasteiger partial charge is 0.508 e. The van der Waals surface area contributed by atoms with Crippen LogP contribution in [0.1, 0.15) is 43.1 Å². The van der Waals surface area contributed by atoms with E-state index in [0.717, 1.165) is 53.1 Å². The van der Waals surface area contributed by atoms with Crippen molar-refractivity contribution in [2.45, 2.75) is 32.4 Å². The topological polar surface area (TPSA) is 82.4 Å². The van der Waals surface area contributed by atoms with E-state index in [0.29, 0.717) is 18.3 Å². The summed E-state index contributed by atoms with van der Waals surface area (Å²) in [7, 11) is 0. The van der Waals surface area contributed by atoms with Crippen molar-refractivity contribution in [2.75, 3.05) is 26.3 Å². The van der Waals surface area contributed by atoms with E-state index in [2.05, 4.69) is 11.8 Å². The molecule has 2 heterocycles. The van der Waals surface area contributed by atoms with E-state index in [1.165, 1.54) is 0 Å². The van der Waals surface area contributed by atoms with Crippen LogP contribution in [0.2, 0.25) is 0 Å². The van der Waals surface area contributed by atoms with Crippen LogP contribution >= 0.6 is 0 Å². The van der Waals surface area contributed by atoms with Crippen LogP contribution in [0.25, 0.3) is 11.1 Å². The average Bonchev–Trinajstić information content (AvgIpc) is 3.31. The summed E-state index contributed by atoms with van der Waals surface area (Å²) in [6, 6.07) is 20.1. The van der Waals surface area contributed by atoms with Crippen molar-refractivity contribution < 1.29 is 24.8 Å². The Hall–Kier alpha value is -3.48. The van der Waals surface area contributed by atoms with Crippen LogP contribution in [-0.2, 0) is 0 Å². The standard InChI is InChI=1S/C30H33NO5/c1-19-12-13-31(16-19)23(17-32)18-35-26-9-6-21(7-10-26)30-29(22-4-3-5-24(33)14-22)20(2)27-15-25(34)8-11-28(27)36-30/h3-11,14-15,19,23,30,32-34H,12-13,16-18H2,1-2H3/t19-,23+,30?/m1/s1. The second-order valence-corrected chi connectivity index (χ2v) is 9.87. The van der Waals surface area contributed by atoms with Crippen LogP contribution in [0.3, 0.4) is 0 Å². The Morgan fingerprint density at radius 3 is 2.50 bits per heavy atom. The Labute approximate surface area is 212 Å². The predicted molar refractivity (Wildman–Crippen MR) is 140 cm³/mol. The summed E-state index contributed by atoms with van der Waals surface area (Å²) in [5, 5.41) is 30.1. The lowest BCUT2D eigenvalue weighted by Gasteiger charge is -2.31. The minimum Gasteiger partial charge on any atom is -0.508 e. The van der Waals surface area contributed by atoms with E-state index < -0.39 is 6.10 Å². The van der Waals surface area contributed by atoms with E-state index in [9.17, 15) is 15.3 Å². The zero-order chi connectivity index (χ0) is 25.2. The van der Waals surface area contributed by atoms with Gasteiger partial charge in [0.1, 0.15) is 35.7 Å². The van der Waals surface area contributed by atoms with Crippen molar-refractivity contribution in [2.24, 2.45) is 5.92 Å². The second kappa shape index (κ2) is 10.2. The van der Waals surface area contributed by atoms with Gasteiger partial charge in [-0.3, -0.25) is 4.90 Å². The smallest absolute Gasteiger partial charge is 0.150 e. The predicted octanol–water partition coefficient (Wildman–Crippen LogP) is 5.24. The molecule has 188 valence electrons. The minimum absolute atomic E-state index is 0.00725. The first kappa shape index (κ1) is 24.2. The van der Waals surface area contributed by atoms with Crippen LogP contribution in [0.15, 0.2) is 66.7 Å². The molecule has 2 aliphatic heterocycles. The van der Waals surface area contributed by atoms with Gasteiger partial charge in [0.15, 0.2) is 0 Å². The first-order valence-corrected chi connectivity index (χ1v) is 12.5. The lowest BCUT2D eigenvalue weighted by molar-refractivity contribution is 0.0975. The number of likely N-dealkylation sites (tertiary alicyclic amines) is 1. The molecule has 5 rings (SSSR count). The van der Waals surface area contributed by atoms with Gasteiger partial charge in [-0.2, -0.15) is 0 Å². The van der Waals surface area contributed by atoms with Crippen LogP contribution in [0.4, 0.5) is 0 Å². The molecule has 0 aliphatic carbocycles. The summed E-state index contributed by atoms with van der Waals surface area (Å²) in [6.45, 7) is 6.76. The van der Waals surface area contributed by atoms with Crippen molar-refractivity contribution in [3.8, 4) is 23.0 Å². The number of allylic oxidation sites excluding steroid dienone is 1. The number of nitrogens with zero attached hydrogens (tertiary/aromatic N) is 1. The minimum atomic E-state index is -0.394. The molecule has 2 aliphatic rings. The number of hydrogen-bond acceptors (Lipinski definition) is 6. The number of ether oxygens (including phenoxy) is 2. The number of phenols is 2. The van der Waals surface area contributed by atoms with Crippen LogP contribution in [0.5, 0.6) is 23.0 Å². The molecule has 1 fully saturated rings. The Balaban J connectivity index is 1.40. The molecule has 0 bridgehead atoms.